The van der Waals surface area contributed by atoms with Gasteiger partial charge in [-0.25, -0.2) is 0 Å². The first-order valence-corrected chi connectivity index (χ1v) is 10.6. The van der Waals surface area contributed by atoms with Gasteiger partial charge in [-0.3, -0.25) is 14.2 Å². The molecule has 7 heteroatoms. The van der Waals surface area contributed by atoms with Crippen LogP contribution in [0.1, 0.15) is 17.2 Å². The standard InChI is InChI=1S/C24H20ClN3O2S/c25-18-12-10-17(11-13-18)15-26-22(29)21(14-16-6-2-1-3-7-16)28-23(30)19-8-4-5-9-20(19)27-24(28)31/h1-13,21H,14-15H2,(H,26,29)(H,27,31). The van der Waals surface area contributed by atoms with E-state index in [1.807, 2.05) is 48.5 Å². The molecule has 1 aromatic heterocycles. The van der Waals surface area contributed by atoms with Crippen LogP contribution in [0.5, 0.6) is 0 Å². The van der Waals surface area contributed by atoms with E-state index in [2.05, 4.69) is 10.3 Å². The number of rotatable bonds is 6. The molecule has 1 atom stereocenters. The van der Waals surface area contributed by atoms with Gasteiger partial charge in [0, 0.05) is 18.0 Å². The molecule has 4 aromatic rings. The molecule has 1 amide bonds. The third kappa shape index (κ3) is 4.76. The lowest BCUT2D eigenvalue weighted by molar-refractivity contribution is -0.124. The summed E-state index contributed by atoms with van der Waals surface area (Å²) in [5, 5.41) is 4.05. The van der Waals surface area contributed by atoms with Crippen molar-refractivity contribution >= 4 is 40.6 Å². The Morgan fingerprint density at radius 3 is 2.39 bits per heavy atom. The molecule has 0 radical (unpaired) electrons. The summed E-state index contributed by atoms with van der Waals surface area (Å²) in [6, 6.07) is 23.2. The van der Waals surface area contributed by atoms with Crippen LogP contribution in [-0.2, 0) is 17.8 Å². The fourth-order valence-corrected chi connectivity index (χ4v) is 3.95. The number of fused-ring (bicyclic) bond motifs is 1. The second-order valence-corrected chi connectivity index (χ2v) is 8.02. The predicted molar refractivity (Wildman–Crippen MR) is 126 cm³/mol. The Labute approximate surface area is 189 Å². The normalized spacial score (nSPS) is 11.9. The monoisotopic (exact) mass is 449 g/mol. The molecule has 3 aromatic carbocycles. The molecule has 31 heavy (non-hydrogen) atoms. The van der Waals surface area contributed by atoms with Crippen LogP contribution in [-0.4, -0.2) is 15.5 Å². The van der Waals surface area contributed by atoms with E-state index in [4.69, 9.17) is 23.8 Å². The molecular weight excluding hydrogens is 430 g/mol. The third-order valence-corrected chi connectivity index (χ3v) is 5.65. The van der Waals surface area contributed by atoms with Crippen LogP contribution in [0.15, 0.2) is 83.7 Å². The van der Waals surface area contributed by atoms with Gasteiger partial charge in [-0.05, 0) is 47.6 Å². The lowest BCUT2D eigenvalue weighted by Gasteiger charge is -2.20. The van der Waals surface area contributed by atoms with Gasteiger partial charge >= 0.3 is 0 Å². The molecule has 0 bridgehead atoms. The first-order chi connectivity index (χ1) is 15.0. The zero-order valence-corrected chi connectivity index (χ0v) is 18.1. The number of nitrogens with zero attached hydrogens (tertiary/aromatic N) is 1. The molecule has 1 unspecified atom stereocenters. The van der Waals surface area contributed by atoms with Gasteiger partial charge in [0.2, 0.25) is 5.91 Å². The first kappa shape index (κ1) is 21.0. The third-order valence-electron chi connectivity index (χ3n) is 5.10. The number of hydrogen-bond acceptors (Lipinski definition) is 3. The van der Waals surface area contributed by atoms with E-state index in [0.29, 0.717) is 28.9 Å². The van der Waals surface area contributed by atoms with Gasteiger partial charge in [-0.15, -0.1) is 0 Å². The van der Waals surface area contributed by atoms with Crippen LogP contribution in [0.25, 0.3) is 10.9 Å². The first-order valence-electron chi connectivity index (χ1n) is 9.82. The largest absolute Gasteiger partial charge is 0.350 e. The van der Waals surface area contributed by atoms with E-state index < -0.39 is 6.04 Å². The Kier molecular flexibility index (Phi) is 6.30. The summed E-state index contributed by atoms with van der Waals surface area (Å²) in [7, 11) is 0. The second-order valence-electron chi connectivity index (χ2n) is 7.20. The maximum atomic E-state index is 13.3. The van der Waals surface area contributed by atoms with Crippen molar-refractivity contribution < 1.29 is 4.79 Å². The molecule has 0 aliphatic heterocycles. The van der Waals surface area contributed by atoms with Gasteiger partial charge < -0.3 is 10.3 Å². The summed E-state index contributed by atoms with van der Waals surface area (Å²) in [4.78, 5) is 29.6. The molecule has 5 nitrogen and oxygen atoms in total. The highest BCUT2D eigenvalue weighted by Gasteiger charge is 2.24. The zero-order chi connectivity index (χ0) is 21.8. The number of para-hydroxylation sites is 1. The fraction of sp³-hybridized carbons (Fsp3) is 0.125. The Morgan fingerprint density at radius 1 is 0.968 bits per heavy atom. The van der Waals surface area contributed by atoms with Crippen LogP contribution in [0, 0.1) is 4.77 Å². The average Bonchev–Trinajstić information content (AvgIpc) is 2.78. The van der Waals surface area contributed by atoms with Gasteiger partial charge in [-0.2, -0.15) is 0 Å². The molecule has 0 fully saturated rings. The van der Waals surface area contributed by atoms with Crippen molar-refractivity contribution in [3.63, 3.8) is 0 Å². The van der Waals surface area contributed by atoms with Crippen molar-refractivity contribution in [2.45, 2.75) is 19.0 Å². The minimum absolute atomic E-state index is 0.214. The molecule has 2 N–H and O–H groups in total. The van der Waals surface area contributed by atoms with Gasteiger partial charge in [-0.1, -0.05) is 66.2 Å². The summed E-state index contributed by atoms with van der Waals surface area (Å²) in [6.45, 7) is 0.320. The number of carbonyl (C=O) groups is 1. The minimum atomic E-state index is -0.796. The number of H-pyrrole nitrogens is 1. The number of aromatic nitrogens is 2. The number of nitrogens with one attached hydrogen (secondary N) is 2. The van der Waals surface area contributed by atoms with Crippen molar-refractivity contribution in [3.8, 4) is 0 Å². The smallest absolute Gasteiger partial charge is 0.262 e. The molecule has 0 spiro atoms. The maximum absolute atomic E-state index is 13.3. The zero-order valence-electron chi connectivity index (χ0n) is 16.5. The van der Waals surface area contributed by atoms with E-state index in [9.17, 15) is 9.59 Å². The molecule has 4 rings (SSSR count). The topological polar surface area (TPSA) is 66.9 Å². The highest BCUT2D eigenvalue weighted by molar-refractivity contribution is 7.71. The number of hydrogen-bond donors (Lipinski definition) is 2. The van der Waals surface area contributed by atoms with Crippen LogP contribution >= 0.6 is 23.8 Å². The summed E-state index contributed by atoms with van der Waals surface area (Å²) < 4.78 is 1.59. The molecule has 0 saturated heterocycles. The predicted octanol–water partition coefficient (Wildman–Crippen LogP) is 4.81. The summed E-state index contributed by atoms with van der Waals surface area (Å²) >= 11 is 11.4. The molecule has 1 heterocycles. The molecule has 156 valence electrons. The van der Waals surface area contributed by atoms with Gasteiger partial charge in [0.15, 0.2) is 4.77 Å². The number of benzene rings is 3. The van der Waals surface area contributed by atoms with Crippen LogP contribution in [0.3, 0.4) is 0 Å². The highest BCUT2D eigenvalue weighted by Crippen LogP contribution is 2.17. The highest BCUT2D eigenvalue weighted by atomic mass is 35.5. The van der Waals surface area contributed by atoms with E-state index in [1.165, 1.54) is 4.57 Å². The lowest BCUT2D eigenvalue weighted by atomic mass is 10.0. The molecule has 0 aliphatic rings. The maximum Gasteiger partial charge on any atom is 0.262 e. The summed E-state index contributed by atoms with van der Waals surface area (Å²) in [5.41, 5.74) is 2.20. The Morgan fingerprint density at radius 2 is 1.65 bits per heavy atom. The fourth-order valence-electron chi connectivity index (χ4n) is 3.51. The number of amides is 1. The second kappa shape index (κ2) is 9.29. The van der Waals surface area contributed by atoms with Crippen LogP contribution < -0.4 is 10.9 Å². The number of aromatic amines is 1. The van der Waals surface area contributed by atoms with E-state index in [-0.39, 0.29) is 16.2 Å². The van der Waals surface area contributed by atoms with Crippen molar-refractivity contribution in [2.24, 2.45) is 0 Å². The molecule has 0 saturated carbocycles. The quantitative estimate of drug-likeness (QED) is 0.415. The van der Waals surface area contributed by atoms with Crippen LogP contribution in [0.2, 0.25) is 5.02 Å². The Hall–Kier alpha value is -3.22. The molecular formula is C24H20ClN3O2S. The molecule has 0 aliphatic carbocycles. The Bertz CT molecular complexity index is 1330. The average molecular weight is 450 g/mol. The van der Waals surface area contributed by atoms with Gasteiger partial charge in [0.25, 0.3) is 5.56 Å². The minimum Gasteiger partial charge on any atom is -0.350 e. The number of carbonyl (C=O) groups excluding carboxylic acids is 1. The van der Waals surface area contributed by atoms with Gasteiger partial charge in [0.05, 0.1) is 10.9 Å². The van der Waals surface area contributed by atoms with Crippen molar-refractivity contribution in [2.75, 3.05) is 0 Å². The summed E-state index contributed by atoms with van der Waals surface area (Å²) in [6.07, 6.45) is 0.336. The summed E-state index contributed by atoms with van der Waals surface area (Å²) in [5.74, 6) is -0.282. The van der Waals surface area contributed by atoms with Crippen molar-refractivity contribution in [1.82, 2.24) is 14.9 Å². The van der Waals surface area contributed by atoms with Crippen molar-refractivity contribution in [3.05, 3.63) is 110 Å². The van der Waals surface area contributed by atoms with E-state index >= 15 is 0 Å². The van der Waals surface area contributed by atoms with Crippen LogP contribution in [0.4, 0.5) is 0 Å². The Balaban J connectivity index is 1.71. The van der Waals surface area contributed by atoms with E-state index in [1.54, 1.807) is 30.3 Å². The van der Waals surface area contributed by atoms with Crippen molar-refractivity contribution in [1.29, 1.82) is 0 Å². The lowest BCUT2D eigenvalue weighted by Crippen LogP contribution is -2.39. The van der Waals surface area contributed by atoms with Gasteiger partial charge in [0.1, 0.15) is 6.04 Å². The SMILES string of the molecule is O=C(NCc1ccc(Cl)cc1)C(Cc1ccccc1)n1c(=S)[nH]c2ccccc2c1=O. The number of halogens is 1. The van der Waals surface area contributed by atoms with E-state index in [0.717, 1.165) is 11.1 Å².